The predicted octanol–water partition coefficient (Wildman–Crippen LogP) is 3.89. The van der Waals surface area contributed by atoms with E-state index >= 15 is 0 Å². The van der Waals surface area contributed by atoms with Crippen LogP contribution in [0.25, 0.3) is 21.9 Å². The number of esters is 1. The van der Waals surface area contributed by atoms with Gasteiger partial charge in [-0.05, 0) is 37.3 Å². The first-order valence-corrected chi connectivity index (χ1v) is 10.9. The molecule has 0 unspecified atom stereocenters. The van der Waals surface area contributed by atoms with Crippen LogP contribution in [0, 0.1) is 6.92 Å². The van der Waals surface area contributed by atoms with Crippen LogP contribution in [0.2, 0.25) is 0 Å². The SMILES string of the molecule is COCCOC(=O)c1c(C)oc2ccc(NS(=O)(=O)c3cccc4cccnc34)cc12. The average Bonchev–Trinajstić information content (AvgIpc) is 3.08. The molecule has 31 heavy (non-hydrogen) atoms. The number of nitrogens with zero attached hydrogens (tertiary/aromatic N) is 1. The van der Waals surface area contributed by atoms with Gasteiger partial charge >= 0.3 is 5.97 Å². The Bertz CT molecular complexity index is 1370. The summed E-state index contributed by atoms with van der Waals surface area (Å²) in [5, 5.41) is 1.17. The van der Waals surface area contributed by atoms with Crippen LogP contribution in [0.15, 0.2) is 64.0 Å². The molecule has 9 heteroatoms. The molecule has 0 aliphatic carbocycles. The van der Waals surface area contributed by atoms with Crippen molar-refractivity contribution in [1.29, 1.82) is 0 Å². The minimum absolute atomic E-state index is 0.0632. The maximum Gasteiger partial charge on any atom is 0.342 e. The van der Waals surface area contributed by atoms with Crippen molar-refractivity contribution in [2.24, 2.45) is 0 Å². The third kappa shape index (κ3) is 4.10. The number of para-hydroxylation sites is 1. The van der Waals surface area contributed by atoms with Crippen LogP contribution in [0.5, 0.6) is 0 Å². The van der Waals surface area contributed by atoms with Crippen molar-refractivity contribution < 1.29 is 27.1 Å². The molecule has 2 aromatic carbocycles. The first kappa shape index (κ1) is 20.8. The number of fused-ring (bicyclic) bond motifs is 2. The largest absolute Gasteiger partial charge is 0.460 e. The van der Waals surface area contributed by atoms with Gasteiger partial charge in [-0.15, -0.1) is 0 Å². The van der Waals surface area contributed by atoms with Crippen LogP contribution in [0.3, 0.4) is 0 Å². The minimum atomic E-state index is -3.93. The first-order chi connectivity index (χ1) is 14.9. The van der Waals surface area contributed by atoms with Gasteiger partial charge in [0.1, 0.15) is 28.4 Å². The van der Waals surface area contributed by atoms with Crippen molar-refractivity contribution in [3.63, 3.8) is 0 Å². The molecule has 0 atom stereocenters. The van der Waals surface area contributed by atoms with Gasteiger partial charge in [-0.3, -0.25) is 9.71 Å². The molecule has 160 valence electrons. The van der Waals surface area contributed by atoms with E-state index in [1.54, 1.807) is 55.6 Å². The van der Waals surface area contributed by atoms with E-state index in [1.807, 2.05) is 0 Å². The number of furan rings is 1. The van der Waals surface area contributed by atoms with Crippen molar-refractivity contribution in [3.05, 3.63) is 66.1 Å². The molecule has 0 fully saturated rings. The Morgan fingerprint density at radius 2 is 1.94 bits per heavy atom. The predicted molar refractivity (Wildman–Crippen MR) is 116 cm³/mol. The summed E-state index contributed by atoms with van der Waals surface area (Å²) in [5.74, 6) is -0.178. The van der Waals surface area contributed by atoms with Gasteiger partial charge in [0.25, 0.3) is 10.0 Å². The number of aromatic nitrogens is 1. The quantitative estimate of drug-likeness (QED) is 0.343. The highest BCUT2D eigenvalue weighted by Crippen LogP contribution is 2.30. The number of hydrogen-bond donors (Lipinski definition) is 1. The maximum absolute atomic E-state index is 13.1. The van der Waals surface area contributed by atoms with Gasteiger partial charge in [-0.25, -0.2) is 13.2 Å². The second-order valence-corrected chi connectivity index (χ2v) is 8.46. The van der Waals surface area contributed by atoms with Crippen molar-refractivity contribution in [3.8, 4) is 0 Å². The first-order valence-electron chi connectivity index (χ1n) is 9.46. The van der Waals surface area contributed by atoms with Crippen LogP contribution >= 0.6 is 0 Å². The molecule has 1 N–H and O–H groups in total. The van der Waals surface area contributed by atoms with Gasteiger partial charge < -0.3 is 13.9 Å². The second-order valence-electron chi connectivity index (χ2n) is 6.81. The zero-order valence-corrected chi connectivity index (χ0v) is 17.7. The van der Waals surface area contributed by atoms with Crippen LogP contribution in [0.4, 0.5) is 5.69 Å². The number of nitrogens with one attached hydrogen (secondary N) is 1. The topological polar surface area (TPSA) is 108 Å². The number of pyridine rings is 1. The third-order valence-corrected chi connectivity index (χ3v) is 6.14. The Morgan fingerprint density at radius 1 is 1.13 bits per heavy atom. The number of hydrogen-bond acceptors (Lipinski definition) is 7. The van der Waals surface area contributed by atoms with E-state index in [0.717, 1.165) is 0 Å². The zero-order chi connectivity index (χ0) is 22.0. The van der Waals surface area contributed by atoms with Crippen LogP contribution in [0.1, 0.15) is 16.1 Å². The summed E-state index contributed by atoms with van der Waals surface area (Å²) in [4.78, 5) is 16.8. The highest BCUT2D eigenvalue weighted by Gasteiger charge is 2.22. The smallest absolute Gasteiger partial charge is 0.342 e. The number of carbonyl (C=O) groups is 1. The van der Waals surface area contributed by atoms with E-state index in [9.17, 15) is 13.2 Å². The lowest BCUT2D eigenvalue weighted by Crippen LogP contribution is -2.14. The Hall–Kier alpha value is -3.43. The highest BCUT2D eigenvalue weighted by atomic mass is 32.2. The molecule has 0 bridgehead atoms. The number of benzene rings is 2. The molecule has 0 radical (unpaired) electrons. The lowest BCUT2D eigenvalue weighted by Gasteiger charge is -2.10. The average molecular weight is 440 g/mol. The van der Waals surface area contributed by atoms with Gasteiger partial charge in [0.15, 0.2) is 0 Å². The normalized spacial score (nSPS) is 11.7. The summed E-state index contributed by atoms with van der Waals surface area (Å²) in [7, 11) is -2.42. The van der Waals surface area contributed by atoms with Gasteiger partial charge in [0, 0.05) is 29.8 Å². The summed E-state index contributed by atoms with van der Waals surface area (Å²) in [5.41, 5.74) is 1.36. The number of aryl methyl sites for hydroxylation is 1. The molecule has 2 heterocycles. The Balaban J connectivity index is 1.70. The molecule has 4 aromatic rings. The molecular formula is C22H20N2O6S. The fourth-order valence-electron chi connectivity index (χ4n) is 3.33. The second kappa shape index (κ2) is 8.37. The zero-order valence-electron chi connectivity index (χ0n) is 16.9. The summed E-state index contributed by atoms with van der Waals surface area (Å²) in [6.45, 7) is 2.02. The lowest BCUT2D eigenvalue weighted by atomic mass is 10.1. The number of rotatable bonds is 7. The molecule has 0 aliphatic heterocycles. The molecule has 2 aromatic heterocycles. The molecule has 0 saturated carbocycles. The van der Waals surface area contributed by atoms with E-state index in [2.05, 4.69) is 9.71 Å². The number of sulfonamides is 1. The fourth-order valence-corrected chi connectivity index (χ4v) is 4.56. The lowest BCUT2D eigenvalue weighted by molar-refractivity contribution is 0.0388. The Labute approximate surface area is 178 Å². The van der Waals surface area contributed by atoms with Gasteiger partial charge in [-0.2, -0.15) is 0 Å². The van der Waals surface area contributed by atoms with E-state index in [-0.39, 0.29) is 29.4 Å². The number of anilines is 1. The molecule has 0 aliphatic rings. The molecule has 0 amide bonds. The summed E-state index contributed by atoms with van der Waals surface area (Å²) in [6, 6.07) is 13.2. The monoisotopic (exact) mass is 440 g/mol. The van der Waals surface area contributed by atoms with Crippen LogP contribution in [-0.2, 0) is 19.5 Å². The van der Waals surface area contributed by atoms with Crippen molar-refractivity contribution >= 4 is 43.6 Å². The van der Waals surface area contributed by atoms with E-state index in [4.69, 9.17) is 13.9 Å². The van der Waals surface area contributed by atoms with E-state index < -0.39 is 16.0 Å². The Kier molecular flexibility index (Phi) is 5.62. The van der Waals surface area contributed by atoms with Crippen LogP contribution in [-0.4, -0.2) is 39.7 Å². The number of methoxy groups -OCH3 is 1. The standard InChI is InChI=1S/C22H20N2O6S/c1-14-20(22(25)29-12-11-28-2)17-13-16(8-9-18(17)30-14)24-31(26,27)19-7-3-5-15-6-4-10-23-21(15)19/h3-10,13,24H,11-12H2,1-2H3. The molecule has 4 rings (SSSR count). The summed E-state index contributed by atoms with van der Waals surface area (Å²) >= 11 is 0. The third-order valence-electron chi connectivity index (χ3n) is 4.73. The van der Waals surface area contributed by atoms with E-state index in [0.29, 0.717) is 27.6 Å². The van der Waals surface area contributed by atoms with Crippen molar-refractivity contribution in [1.82, 2.24) is 4.98 Å². The molecule has 8 nitrogen and oxygen atoms in total. The maximum atomic E-state index is 13.1. The van der Waals surface area contributed by atoms with Crippen LogP contribution < -0.4 is 4.72 Å². The molecule has 0 spiro atoms. The summed E-state index contributed by atoms with van der Waals surface area (Å²) in [6.07, 6.45) is 1.54. The Morgan fingerprint density at radius 3 is 2.74 bits per heavy atom. The van der Waals surface area contributed by atoms with Crippen molar-refractivity contribution in [2.75, 3.05) is 25.0 Å². The van der Waals surface area contributed by atoms with Gasteiger partial charge in [-0.1, -0.05) is 18.2 Å². The molecule has 0 saturated heterocycles. The highest BCUT2D eigenvalue weighted by molar-refractivity contribution is 7.93. The fraction of sp³-hybridized carbons (Fsp3) is 0.182. The van der Waals surface area contributed by atoms with E-state index in [1.165, 1.54) is 13.2 Å². The minimum Gasteiger partial charge on any atom is -0.460 e. The van der Waals surface area contributed by atoms with Gasteiger partial charge in [0.05, 0.1) is 12.1 Å². The summed E-state index contributed by atoms with van der Waals surface area (Å²) < 4.78 is 44.4. The van der Waals surface area contributed by atoms with Crippen molar-refractivity contribution in [2.45, 2.75) is 11.8 Å². The number of ether oxygens (including phenoxy) is 2. The number of carbonyl (C=O) groups excluding carboxylic acids is 1. The van der Waals surface area contributed by atoms with Gasteiger partial charge in [0.2, 0.25) is 0 Å². The molecular weight excluding hydrogens is 420 g/mol.